The average Bonchev–Trinajstić information content (AvgIpc) is 2.38. The van der Waals surface area contributed by atoms with E-state index in [4.69, 9.17) is 5.73 Å². The van der Waals surface area contributed by atoms with Gasteiger partial charge in [0.2, 0.25) is 10.0 Å². The van der Waals surface area contributed by atoms with Crippen LogP contribution >= 0.6 is 12.4 Å². The number of rotatable bonds is 6. The van der Waals surface area contributed by atoms with Gasteiger partial charge in [0.25, 0.3) is 0 Å². The first-order chi connectivity index (χ1) is 9.16. The molecule has 0 saturated heterocycles. The summed E-state index contributed by atoms with van der Waals surface area (Å²) in [6.45, 7) is 8.42. The zero-order chi connectivity index (χ0) is 15.5. The molecule has 0 saturated carbocycles. The van der Waals surface area contributed by atoms with Crippen LogP contribution in [-0.4, -0.2) is 32.4 Å². The fourth-order valence-corrected chi connectivity index (χ4v) is 3.11. The molecule has 0 fully saturated rings. The van der Waals surface area contributed by atoms with Crippen LogP contribution in [0.3, 0.4) is 0 Å². The maximum Gasteiger partial charge on any atom is 0.242 e. The van der Waals surface area contributed by atoms with Crippen molar-refractivity contribution < 1.29 is 8.42 Å². The van der Waals surface area contributed by atoms with Gasteiger partial charge < -0.3 is 5.73 Å². The Labute approximate surface area is 135 Å². The predicted molar refractivity (Wildman–Crippen MR) is 90.4 cm³/mol. The smallest absolute Gasteiger partial charge is 0.242 e. The van der Waals surface area contributed by atoms with Crippen molar-refractivity contribution in [3.8, 4) is 0 Å². The van der Waals surface area contributed by atoms with Gasteiger partial charge in [-0.2, -0.15) is 0 Å². The van der Waals surface area contributed by atoms with Gasteiger partial charge in [-0.3, -0.25) is 0 Å². The van der Waals surface area contributed by atoms with E-state index < -0.39 is 10.0 Å². The molecule has 0 aliphatic carbocycles. The largest absolute Gasteiger partial charge is 0.327 e. The van der Waals surface area contributed by atoms with E-state index in [-0.39, 0.29) is 18.4 Å². The topological polar surface area (TPSA) is 63.4 Å². The van der Waals surface area contributed by atoms with Gasteiger partial charge in [0.1, 0.15) is 0 Å². The van der Waals surface area contributed by atoms with E-state index in [0.717, 1.165) is 11.1 Å². The Hall–Kier alpha value is -0.620. The van der Waals surface area contributed by atoms with Crippen molar-refractivity contribution >= 4 is 22.4 Å². The number of aryl methyl sites for hydroxylation is 2. The lowest BCUT2D eigenvalue weighted by atomic mass is 10.0. The Morgan fingerprint density at radius 2 is 1.76 bits per heavy atom. The molecule has 1 rings (SSSR count). The summed E-state index contributed by atoms with van der Waals surface area (Å²) >= 11 is 0. The van der Waals surface area contributed by atoms with Gasteiger partial charge in [-0.1, -0.05) is 19.9 Å². The van der Waals surface area contributed by atoms with Crippen LogP contribution < -0.4 is 5.73 Å². The van der Waals surface area contributed by atoms with E-state index in [1.165, 1.54) is 4.31 Å². The second kappa shape index (κ2) is 8.13. The van der Waals surface area contributed by atoms with E-state index in [0.29, 0.717) is 23.8 Å². The fraction of sp³-hybridized carbons (Fsp3) is 0.600. The Bertz CT molecular complexity index is 559. The van der Waals surface area contributed by atoms with Gasteiger partial charge in [0, 0.05) is 19.6 Å². The number of sulfonamides is 1. The van der Waals surface area contributed by atoms with Gasteiger partial charge in [0.15, 0.2) is 0 Å². The normalized spacial score (nSPS) is 13.3. The highest BCUT2D eigenvalue weighted by Crippen LogP contribution is 2.18. The van der Waals surface area contributed by atoms with Crippen LogP contribution in [0.5, 0.6) is 0 Å². The second-order valence-electron chi connectivity index (χ2n) is 5.77. The molecule has 0 amide bonds. The molecule has 21 heavy (non-hydrogen) atoms. The molecule has 0 aliphatic rings. The van der Waals surface area contributed by atoms with Crippen molar-refractivity contribution in [1.29, 1.82) is 0 Å². The summed E-state index contributed by atoms with van der Waals surface area (Å²) in [7, 11) is -1.81. The van der Waals surface area contributed by atoms with Crippen LogP contribution in [0.15, 0.2) is 23.1 Å². The third kappa shape index (κ3) is 5.25. The van der Waals surface area contributed by atoms with Gasteiger partial charge in [-0.25, -0.2) is 12.7 Å². The summed E-state index contributed by atoms with van der Waals surface area (Å²) in [6.07, 6.45) is 0.665. The third-order valence-electron chi connectivity index (χ3n) is 3.82. The molecule has 6 heteroatoms. The number of hydrogen-bond donors (Lipinski definition) is 1. The fourth-order valence-electron chi connectivity index (χ4n) is 1.84. The summed E-state index contributed by atoms with van der Waals surface area (Å²) in [5.41, 5.74) is 8.04. The first-order valence-corrected chi connectivity index (χ1v) is 8.39. The molecule has 1 atom stereocenters. The quantitative estimate of drug-likeness (QED) is 0.870. The molecule has 1 unspecified atom stereocenters. The van der Waals surface area contributed by atoms with Gasteiger partial charge in [-0.15, -0.1) is 12.4 Å². The van der Waals surface area contributed by atoms with Gasteiger partial charge >= 0.3 is 0 Å². The molecule has 0 aromatic heterocycles. The van der Waals surface area contributed by atoms with Crippen LogP contribution in [-0.2, 0) is 10.0 Å². The average molecular weight is 335 g/mol. The number of benzene rings is 1. The summed E-state index contributed by atoms with van der Waals surface area (Å²) in [5.74, 6) is 0.354. The van der Waals surface area contributed by atoms with E-state index in [2.05, 4.69) is 0 Å². The molecule has 0 bridgehead atoms. The minimum absolute atomic E-state index is 0. The maximum absolute atomic E-state index is 12.5. The number of nitrogens with zero attached hydrogens (tertiary/aromatic N) is 1. The predicted octanol–water partition coefficient (Wildman–Crippen LogP) is 2.72. The van der Waals surface area contributed by atoms with Crippen LogP contribution in [0.25, 0.3) is 0 Å². The van der Waals surface area contributed by atoms with Crippen molar-refractivity contribution in [3.63, 3.8) is 0 Å². The van der Waals surface area contributed by atoms with E-state index in [9.17, 15) is 8.42 Å². The summed E-state index contributed by atoms with van der Waals surface area (Å²) in [6, 6.07) is 5.25. The molecular formula is C15H27ClN2O2S. The van der Waals surface area contributed by atoms with Crippen molar-refractivity contribution in [2.75, 3.05) is 13.6 Å². The van der Waals surface area contributed by atoms with Crippen LogP contribution in [0, 0.1) is 19.8 Å². The minimum atomic E-state index is -3.42. The number of halogens is 1. The van der Waals surface area contributed by atoms with Gasteiger partial charge in [0.05, 0.1) is 4.90 Å². The molecule has 1 aromatic carbocycles. The lowest BCUT2D eigenvalue weighted by Crippen LogP contribution is -2.34. The molecule has 0 heterocycles. The lowest BCUT2D eigenvalue weighted by Gasteiger charge is -2.21. The number of nitrogens with two attached hydrogens (primary N) is 1. The minimum Gasteiger partial charge on any atom is -0.327 e. The molecular weight excluding hydrogens is 308 g/mol. The summed E-state index contributed by atoms with van der Waals surface area (Å²) < 4.78 is 26.3. The summed E-state index contributed by atoms with van der Waals surface area (Å²) in [4.78, 5) is 0.348. The Balaban J connectivity index is 0.00000400. The Morgan fingerprint density at radius 1 is 1.19 bits per heavy atom. The van der Waals surface area contributed by atoms with Crippen LogP contribution in [0.4, 0.5) is 0 Å². The zero-order valence-electron chi connectivity index (χ0n) is 13.5. The van der Waals surface area contributed by atoms with E-state index in [1.807, 2.05) is 33.8 Å². The van der Waals surface area contributed by atoms with Crippen molar-refractivity contribution in [3.05, 3.63) is 29.3 Å². The monoisotopic (exact) mass is 334 g/mol. The van der Waals surface area contributed by atoms with E-state index >= 15 is 0 Å². The highest BCUT2D eigenvalue weighted by Gasteiger charge is 2.22. The molecule has 4 nitrogen and oxygen atoms in total. The molecule has 0 spiro atoms. The highest BCUT2D eigenvalue weighted by molar-refractivity contribution is 7.89. The molecule has 0 aliphatic heterocycles. The number of hydrogen-bond acceptors (Lipinski definition) is 3. The van der Waals surface area contributed by atoms with E-state index in [1.54, 1.807) is 19.2 Å². The van der Waals surface area contributed by atoms with Crippen LogP contribution in [0.1, 0.15) is 31.4 Å². The van der Waals surface area contributed by atoms with Crippen molar-refractivity contribution in [2.24, 2.45) is 11.7 Å². The first kappa shape index (κ1) is 20.4. The molecule has 0 radical (unpaired) electrons. The Kier molecular flexibility index (Phi) is 7.89. The summed E-state index contributed by atoms with van der Waals surface area (Å²) in [5, 5.41) is 0. The third-order valence-corrected chi connectivity index (χ3v) is 5.67. The first-order valence-electron chi connectivity index (χ1n) is 6.95. The zero-order valence-corrected chi connectivity index (χ0v) is 15.1. The van der Waals surface area contributed by atoms with Crippen molar-refractivity contribution in [1.82, 2.24) is 4.31 Å². The highest BCUT2D eigenvalue weighted by atomic mass is 35.5. The SMILES string of the molecule is Cc1ccc(S(=O)(=O)N(C)CCC(N)C(C)C)cc1C.Cl. The van der Waals surface area contributed by atoms with Crippen molar-refractivity contribution in [2.45, 2.75) is 45.1 Å². The molecule has 2 N–H and O–H groups in total. The molecule has 122 valence electrons. The van der Waals surface area contributed by atoms with Gasteiger partial charge in [-0.05, 0) is 49.4 Å². The van der Waals surface area contributed by atoms with Crippen LogP contribution in [0.2, 0.25) is 0 Å². The molecule has 1 aromatic rings. The Morgan fingerprint density at radius 3 is 2.24 bits per heavy atom. The second-order valence-corrected chi connectivity index (χ2v) is 7.81. The maximum atomic E-state index is 12.5. The lowest BCUT2D eigenvalue weighted by molar-refractivity contribution is 0.397. The standard InChI is InChI=1S/C15H26N2O2S.ClH/c1-11(2)15(16)8-9-17(5)20(18,19)14-7-6-12(3)13(4)10-14;/h6-7,10-11,15H,8-9,16H2,1-5H3;1H.